The highest BCUT2D eigenvalue weighted by molar-refractivity contribution is 9.10. The number of aliphatic hydroxyl groups is 1. The molecule has 1 N–H and O–H groups in total. The van der Waals surface area contributed by atoms with Crippen LogP contribution in [0.2, 0.25) is 0 Å². The van der Waals surface area contributed by atoms with Crippen LogP contribution in [0, 0.1) is 0 Å². The minimum atomic E-state index is -4.90. The van der Waals surface area contributed by atoms with E-state index in [-0.39, 0.29) is 5.56 Å². The number of hydrogen-bond donors (Lipinski definition) is 1. The molecule has 0 bridgehead atoms. The maximum atomic E-state index is 13.8. The van der Waals surface area contributed by atoms with Crippen molar-refractivity contribution in [2.24, 2.45) is 0 Å². The molecule has 1 saturated heterocycles. The molecule has 0 aliphatic carbocycles. The first-order valence-electron chi connectivity index (χ1n) is 10.3. The molecular weight excluding hydrogens is 581 g/mol. The lowest BCUT2D eigenvalue weighted by Crippen LogP contribution is -2.49. The monoisotopic (exact) mass is 598 g/mol. The summed E-state index contributed by atoms with van der Waals surface area (Å²) in [6.45, 7) is 1.80. The van der Waals surface area contributed by atoms with Gasteiger partial charge >= 0.3 is 12.4 Å². The molecule has 0 spiro atoms. The van der Waals surface area contributed by atoms with Gasteiger partial charge in [0.05, 0.1) is 6.04 Å². The van der Waals surface area contributed by atoms with E-state index in [2.05, 4.69) is 36.6 Å². The molecule has 2 amide bonds. The second-order valence-electron chi connectivity index (χ2n) is 7.67. The standard InChI is InChI=1S/C24H19Br2F3N2O3/c1-2-21-23(33,15-4-3-5-20(14-15)34-24(27,28)29)31(19-12-8-17(26)9-13-19)22(32)30(21)18-10-6-16(25)7-11-18/h3-14,21,33H,2H2,1H3/t21-,23?/m0/s1. The minimum absolute atomic E-state index is 0.0944. The summed E-state index contributed by atoms with van der Waals surface area (Å²) in [7, 11) is 0. The quantitative estimate of drug-likeness (QED) is 0.338. The number of halogens is 5. The van der Waals surface area contributed by atoms with Crippen molar-refractivity contribution < 1.29 is 27.8 Å². The Balaban J connectivity index is 1.90. The molecule has 1 aliphatic rings. The Morgan fingerprint density at radius 2 is 1.53 bits per heavy atom. The van der Waals surface area contributed by atoms with Crippen LogP contribution in [-0.4, -0.2) is 23.5 Å². The van der Waals surface area contributed by atoms with Crippen LogP contribution in [0.3, 0.4) is 0 Å². The molecule has 0 aromatic heterocycles. The van der Waals surface area contributed by atoms with E-state index in [9.17, 15) is 23.1 Å². The van der Waals surface area contributed by atoms with E-state index >= 15 is 0 Å². The molecule has 1 aliphatic heterocycles. The Bertz CT molecular complexity index is 1190. The number of nitrogens with zero attached hydrogens (tertiary/aromatic N) is 2. The van der Waals surface area contributed by atoms with Gasteiger partial charge in [0.2, 0.25) is 0 Å². The third-order valence-corrected chi connectivity index (χ3v) is 6.64. The van der Waals surface area contributed by atoms with Crippen LogP contribution in [0.4, 0.5) is 29.3 Å². The number of hydrogen-bond acceptors (Lipinski definition) is 3. The van der Waals surface area contributed by atoms with Crippen molar-refractivity contribution in [1.82, 2.24) is 0 Å². The van der Waals surface area contributed by atoms with Crippen molar-refractivity contribution in [3.8, 4) is 5.75 Å². The Labute approximate surface area is 211 Å². The maximum absolute atomic E-state index is 13.8. The Hall–Kier alpha value is -2.56. The van der Waals surface area contributed by atoms with Gasteiger partial charge in [0.1, 0.15) is 5.75 Å². The molecule has 178 valence electrons. The predicted octanol–water partition coefficient (Wildman–Crippen LogP) is 7.18. The lowest BCUT2D eigenvalue weighted by atomic mass is 9.91. The third-order valence-electron chi connectivity index (χ3n) is 5.58. The van der Waals surface area contributed by atoms with Crippen molar-refractivity contribution in [2.45, 2.75) is 31.5 Å². The van der Waals surface area contributed by atoms with Gasteiger partial charge in [-0.05, 0) is 67.1 Å². The van der Waals surface area contributed by atoms with Gasteiger partial charge in [-0.2, -0.15) is 0 Å². The fourth-order valence-corrected chi connectivity index (χ4v) is 4.74. The third kappa shape index (κ3) is 4.54. The zero-order valence-corrected chi connectivity index (χ0v) is 20.9. The number of alkyl halides is 3. The largest absolute Gasteiger partial charge is 0.573 e. The van der Waals surface area contributed by atoms with Crippen molar-refractivity contribution in [3.63, 3.8) is 0 Å². The van der Waals surface area contributed by atoms with Crippen LogP contribution in [0.25, 0.3) is 0 Å². The van der Waals surface area contributed by atoms with Gasteiger partial charge in [0, 0.05) is 25.9 Å². The van der Waals surface area contributed by atoms with Gasteiger partial charge in [-0.25, -0.2) is 4.79 Å². The number of anilines is 2. The second-order valence-corrected chi connectivity index (χ2v) is 9.50. The summed E-state index contributed by atoms with van der Waals surface area (Å²) in [5, 5.41) is 12.2. The molecule has 0 saturated carbocycles. The van der Waals surface area contributed by atoms with Crippen molar-refractivity contribution in [1.29, 1.82) is 0 Å². The number of amides is 2. The van der Waals surface area contributed by atoms with Crippen LogP contribution in [0.1, 0.15) is 18.9 Å². The molecule has 2 atom stereocenters. The zero-order chi connectivity index (χ0) is 24.7. The highest BCUT2D eigenvalue weighted by Gasteiger charge is 2.58. The van der Waals surface area contributed by atoms with Crippen LogP contribution in [0.5, 0.6) is 5.75 Å². The minimum Gasteiger partial charge on any atom is -0.406 e. The molecule has 4 rings (SSSR count). The van der Waals surface area contributed by atoms with Crippen molar-refractivity contribution in [2.75, 3.05) is 9.80 Å². The number of urea groups is 1. The molecule has 1 unspecified atom stereocenters. The number of carbonyl (C=O) groups is 1. The molecule has 5 nitrogen and oxygen atoms in total. The zero-order valence-electron chi connectivity index (χ0n) is 17.8. The molecule has 3 aromatic rings. The van der Waals surface area contributed by atoms with E-state index < -0.39 is 29.9 Å². The highest BCUT2D eigenvalue weighted by Crippen LogP contribution is 2.46. The predicted molar refractivity (Wildman–Crippen MR) is 130 cm³/mol. The van der Waals surface area contributed by atoms with Crippen LogP contribution < -0.4 is 14.5 Å². The van der Waals surface area contributed by atoms with Gasteiger partial charge in [0.25, 0.3) is 0 Å². The number of rotatable bonds is 5. The highest BCUT2D eigenvalue weighted by atomic mass is 79.9. The lowest BCUT2D eigenvalue weighted by molar-refractivity contribution is -0.274. The Kier molecular flexibility index (Phi) is 6.67. The van der Waals surface area contributed by atoms with Gasteiger partial charge in [-0.1, -0.05) is 50.9 Å². The summed E-state index contributed by atoms with van der Waals surface area (Å²) in [5.41, 5.74) is -0.966. The summed E-state index contributed by atoms with van der Waals surface area (Å²) >= 11 is 6.73. The second kappa shape index (κ2) is 9.24. The summed E-state index contributed by atoms with van der Waals surface area (Å²) in [6.07, 6.45) is -4.58. The molecule has 10 heteroatoms. The first-order valence-corrected chi connectivity index (χ1v) is 11.9. The molecule has 0 radical (unpaired) electrons. The average molecular weight is 600 g/mol. The summed E-state index contributed by atoms with van der Waals surface area (Å²) in [5.74, 6) is -0.487. The first kappa shape index (κ1) is 24.6. The molecule has 3 aromatic carbocycles. The molecule has 34 heavy (non-hydrogen) atoms. The summed E-state index contributed by atoms with van der Waals surface area (Å²) in [4.78, 5) is 16.5. The van der Waals surface area contributed by atoms with Crippen LogP contribution >= 0.6 is 31.9 Å². The van der Waals surface area contributed by atoms with E-state index in [4.69, 9.17) is 0 Å². The van der Waals surface area contributed by atoms with Crippen molar-refractivity contribution >= 4 is 49.3 Å². The van der Waals surface area contributed by atoms with Gasteiger partial charge < -0.3 is 9.84 Å². The van der Waals surface area contributed by atoms with Crippen LogP contribution in [0.15, 0.2) is 81.7 Å². The normalized spacial score (nSPS) is 20.7. The summed E-state index contributed by atoms with van der Waals surface area (Å²) in [6, 6.07) is 17.5. The van der Waals surface area contributed by atoms with Crippen LogP contribution in [-0.2, 0) is 5.72 Å². The lowest BCUT2D eigenvalue weighted by Gasteiger charge is -2.37. The Morgan fingerprint density at radius 3 is 2.06 bits per heavy atom. The summed E-state index contributed by atoms with van der Waals surface area (Å²) < 4.78 is 44.3. The van der Waals surface area contributed by atoms with Gasteiger partial charge in [-0.15, -0.1) is 13.2 Å². The van der Waals surface area contributed by atoms with Gasteiger partial charge in [-0.3, -0.25) is 9.80 Å². The number of ether oxygens (including phenoxy) is 1. The molecule has 1 heterocycles. The SMILES string of the molecule is CC[C@@H]1N(c2ccc(Br)cc2)C(=O)N(c2ccc(Br)cc2)C1(O)c1cccc(OC(F)(F)F)c1. The average Bonchev–Trinajstić information content (AvgIpc) is 3.01. The first-order chi connectivity index (χ1) is 16.0. The fraction of sp³-hybridized carbons (Fsp3) is 0.208. The topological polar surface area (TPSA) is 53.0 Å². The molecule has 1 fully saturated rings. The van der Waals surface area contributed by atoms with E-state index in [1.54, 1.807) is 55.5 Å². The van der Waals surface area contributed by atoms with E-state index in [0.717, 1.165) is 21.1 Å². The maximum Gasteiger partial charge on any atom is 0.573 e. The fourth-order valence-electron chi connectivity index (χ4n) is 4.22. The number of benzene rings is 3. The van der Waals surface area contributed by atoms with E-state index in [1.807, 2.05) is 0 Å². The Morgan fingerprint density at radius 1 is 0.971 bits per heavy atom. The number of carbonyl (C=O) groups excluding carboxylic acids is 1. The smallest absolute Gasteiger partial charge is 0.406 e. The van der Waals surface area contributed by atoms with E-state index in [0.29, 0.717) is 17.8 Å². The molecular formula is C24H19Br2F3N2O3. The van der Waals surface area contributed by atoms with Gasteiger partial charge in [0.15, 0.2) is 5.72 Å². The van der Waals surface area contributed by atoms with Crippen molar-refractivity contribution in [3.05, 3.63) is 87.3 Å². The van der Waals surface area contributed by atoms with E-state index in [1.165, 1.54) is 21.9 Å².